The normalized spacial score (nSPS) is 14.2. The number of ether oxygens (including phenoxy) is 1. The topological polar surface area (TPSA) is 42.7 Å². The zero-order chi connectivity index (χ0) is 23.2. The number of fused-ring (bicyclic) bond motifs is 3. The first kappa shape index (κ1) is 21.2. The van der Waals surface area contributed by atoms with E-state index in [0.717, 1.165) is 5.56 Å². The van der Waals surface area contributed by atoms with Gasteiger partial charge in [-0.2, -0.15) is 13.2 Å². The highest BCUT2D eigenvalue weighted by Gasteiger charge is 2.40. The van der Waals surface area contributed by atoms with Gasteiger partial charge in [-0.1, -0.05) is 42.5 Å². The summed E-state index contributed by atoms with van der Waals surface area (Å²) < 4.78 is 66.2. The fraction of sp³-hybridized carbons (Fsp3) is 0.160. The van der Waals surface area contributed by atoms with Crippen molar-refractivity contribution < 1.29 is 26.7 Å². The van der Waals surface area contributed by atoms with Crippen LogP contribution in [0.4, 0.5) is 17.6 Å². The lowest BCUT2D eigenvalue weighted by atomic mass is 10.00. The van der Waals surface area contributed by atoms with Crippen molar-refractivity contribution in [3.05, 3.63) is 99.7 Å². The zero-order valence-corrected chi connectivity index (χ0v) is 17.2. The smallest absolute Gasteiger partial charge is 0.450 e. The first-order chi connectivity index (χ1) is 15.8. The summed E-state index contributed by atoms with van der Waals surface area (Å²) in [6.45, 7) is 0.776. The fourth-order valence-electron chi connectivity index (χ4n) is 4.03. The van der Waals surface area contributed by atoms with Gasteiger partial charge in [-0.3, -0.25) is 9.69 Å². The number of halogens is 4. The van der Waals surface area contributed by atoms with Crippen LogP contribution in [0.5, 0.6) is 5.75 Å². The molecular weight excluding hydrogens is 438 g/mol. The molecule has 4 nitrogen and oxygen atoms in total. The van der Waals surface area contributed by atoms with Crippen molar-refractivity contribution in [2.24, 2.45) is 0 Å². The van der Waals surface area contributed by atoms with Gasteiger partial charge in [-0.15, -0.1) is 0 Å². The van der Waals surface area contributed by atoms with E-state index in [4.69, 9.17) is 9.15 Å². The second-order valence-electron chi connectivity index (χ2n) is 7.80. The Morgan fingerprint density at radius 1 is 0.939 bits per heavy atom. The molecule has 0 atom stereocenters. The summed E-state index contributed by atoms with van der Waals surface area (Å²) in [6.07, 6.45) is -4.87. The molecule has 0 N–H and O–H groups in total. The lowest BCUT2D eigenvalue weighted by Gasteiger charge is -2.29. The molecule has 0 radical (unpaired) electrons. The minimum atomic E-state index is -4.87. The number of alkyl halides is 3. The Morgan fingerprint density at radius 2 is 1.67 bits per heavy atom. The molecule has 3 aromatic carbocycles. The Kier molecular flexibility index (Phi) is 5.17. The standard InChI is InChI=1S/C25H17F4NO3/c26-17-8-6-15(7-9-17)12-30-13-19-20(32-14-30)11-10-18-22(31)21(16-4-2-1-3-5-16)24(25(27,28)29)33-23(18)19/h1-11H,12-14H2. The van der Waals surface area contributed by atoms with Gasteiger partial charge in [0.1, 0.15) is 23.9 Å². The highest BCUT2D eigenvalue weighted by Crippen LogP contribution is 2.40. The summed E-state index contributed by atoms with van der Waals surface area (Å²) in [7, 11) is 0. The van der Waals surface area contributed by atoms with Crippen LogP contribution in [0, 0.1) is 5.82 Å². The highest BCUT2D eigenvalue weighted by atomic mass is 19.4. The molecule has 168 valence electrons. The molecule has 5 rings (SSSR count). The second-order valence-corrected chi connectivity index (χ2v) is 7.80. The molecule has 0 unspecified atom stereocenters. The molecule has 33 heavy (non-hydrogen) atoms. The van der Waals surface area contributed by atoms with Gasteiger partial charge >= 0.3 is 6.18 Å². The highest BCUT2D eigenvalue weighted by molar-refractivity contribution is 5.87. The van der Waals surface area contributed by atoms with Gasteiger partial charge in [0.2, 0.25) is 11.2 Å². The Bertz CT molecular complexity index is 1380. The van der Waals surface area contributed by atoms with Crippen molar-refractivity contribution in [1.29, 1.82) is 0 Å². The van der Waals surface area contributed by atoms with Gasteiger partial charge in [0, 0.05) is 13.1 Å². The Balaban J connectivity index is 1.63. The zero-order valence-electron chi connectivity index (χ0n) is 17.2. The van der Waals surface area contributed by atoms with Gasteiger partial charge in [-0.05, 0) is 35.4 Å². The molecule has 1 aliphatic heterocycles. The molecule has 0 spiro atoms. The first-order valence-corrected chi connectivity index (χ1v) is 10.2. The number of rotatable bonds is 3. The summed E-state index contributed by atoms with van der Waals surface area (Å²) in [6, 6.07) is 16.6. The quantitative estimate of drug-likeness (QED) is 0.357. The summed E-state index contributed by atoms with van der Waals surface area (Å²) in [5.41, 5.74) is -0.111. The summed E-state index contributed by atoms with van der Waals surface area (Å²) >= 11 is 0. The SMILES string of the molecule is O=c1c(-c2ccccc2)c(C(F)(F)F)oc2c3c(ccc12)OCN(Cc1ccc(F)cc1)C3. The minimum Gasteiger partial charge on any atom is -0.478 e. The predicted molar refractivity (Wildman–Crippen MR) is 114 cm³/mol. The molecule has 1 aromatic heterocycles. The molecule has 8 heteroatoms. The third-order valence-electron chi connectivity index (χ3n) is 5.54. The van der Waals surface area contributed by atoms with Crippen LogP contribution >= 0.6 is 0 Å². The largest absolute Gasteiger partial charge is 0.478 e. The third kappa shape index (κ3) is 3.98. The van der Waals surface area contributed by atoms with Gasteiger partial charge in [-0.25, -0.2) is 4.39 Å². The summed E-state index contributed by atoms with van der Waals surface area (Å²) in [5, 5.41) is 0.0489. The average Bonchev–Trinajstić information content (AvgIpc) is 2.80. The fourth-order valence-corrected chi connectivity index (χ4v) is 4.03. The first-order valence-electron chi connectivity index (χ1n) is 10.2. The maximum atomic E-state index is 14.0. The van der Waals surface area contributed by atoms with E-state index in [-0.39, 0.29) is 35.6 Å². The molecule has 4 aromatic rings. The van der Waals surface area contributed by atoms with Crippen molar-refractivity contribution in [2.45, 2.75) is 19.3 Å². The third-order valence-corrected chi connectivity index (χ3v) is 5.54. The maximum Gasteiger partial charge on any atom is 0.450 e. The van der Waals surface area contributed by atoms with E-state index in [1.165, 1.54) is 30.3 Å². The molecule has 0 bridgehead atoms. The number of benzene rings is 3. The molecular formula is C25H17F4NO3. The molecule has 1 aliphatic rings. The van der Waals surface area contributed by atoms with Crippen molar-refractivity contribution in [3.63, 3.8) is 0 Å². The molecule has 2 heterocycles. The predicted octanol–water partition coefficient (Wildman–Crippen LogP) is 5.97. The molecule has 0 saturated carbocycles. The summed E-state index contributed by atoms with van der Waals surface area (Å²) in [4.78, 5) is 15.1. The van der Waals surface area contributed by atoms with Crippen LogP contribution in [0.25, 0.3) is 22.1 Å². The monoisotopic (exact) mass is 455 g/mol. The van der Waals surface area contributed by atoms with Crippen LogP contribution in [0.2, 0.25) is 0 Å². The Morgan fingerprint density at radius 3 is 2.36 bits per heavy atom. The minimum absolute atomic E-state index is 0.0489. The Labute approximate surface area is 185 Å². The molecule has 0 aliphatic carbocycles. The summed E-state index contributed by atoms with van der Waals surface area (Å²) in [5.74, 6) is -1.34. The van der Waals surface area contributed by atoms with E-state index in [1.54, 1.807) is 36.4 Å². The van der Waals surface area contributed by atoms with E-state index in [2.05, 4.69) is 0 Å². The maximum absolute atomic E-state index is 14.0. The number of hydrogen-bond donors (Lipinski definition) is 0. The molecule has 0 amide bonds. The number of hydrogen-bond acceptors (Lipinski definition) is 4. The van der Waals surface area contributed by atoms with Gasteiger partial charge < -0.3 is 9.15 Å². The lowest BCUT2D eigenvalue weighted by molar-refractivity contribution is -0.152. The van der Waals surface area contributed by atoms with Crippen LogP contribution in [0.15, 0.2) is 75.9 Å². The van der Waals surface area contributed by atoms with Crippen LogP contribution in [0.1, 0.15) is 16.9 Å². The van der Waals surface area contributed by atoms with Gasteiger partial charge in [0.15, 0.2) is 0 Å². The van der Waals surface area contributed by atoms with Crippen LogP contribution < -0.4 is 10.2 Å². The van der Waals surface area contributed by atoms with E-state index in [1.807, 2.05) is 4.90 Å². The van der Waals surface area contributed by atoms with E-state index < -0.39 is 22.9 Å². The lowest BCUT2D eigenvalue weighted by Crippen LogP contribution is -2.32. The van der Waals surface area contributed by atoms with Crippen LogP contribution in [-0.2, 0) is 19.3 Å². The average molecular weight is 455 g/mol. The molecule has 0 fully saturated rings. The number of nitrogens with zero attached hydrogens (tertiary/aromatic N) is 1. The van der Waals surface area contributed by atoms with E-state index in [9.17, 15) is 22.4 Å². The van der Waals surface area contributed by atoms with Crippen molar-refractivity contribution >= 4 is 11.0 Å². The second kappa shape index (κ2) is 8.04. The molecule has 0 saturated heterocycles. The van der Waals surface area contributed by atoms with Gasteiger partial charge in [0.05, 0.1) is 16.5 Å². The van der Waals surface area contributed by atoms with Crippen LogP contribution in [-0.4, -0.2) is 11.6 Å². The Hall–Kier alpha value is -3.65. The van der Waals surface area contributed by atoms with Crippen molar-refractivity contribution in [1.82, 2.24) is 4.90 Å². The van der Waals surface area contributed by atoms with E-state index in [0.29, 0.717) is 17.9 Å². The van der Waals surface area contributed by atoms with Gasteiger partial charge in [0.25, 0.3) is 0 Å². The van der Waals surface area contributed by atoms with Crippen LogP contribution in [0.3, 0.4) is 0 Å². The van der Waals surface area contributed by atoms with Crippen molar-refractivity contribution in [2.75, 3.05) is 6.73 Å². The van der Waals surface area contributed by atoms with Crippen molar-refractivity contribution in [3.8, 4) is 16.9 Å². The van der Waals surface area contributed by atoms with E-state index >= 15 is 0 Å².